The van der Waals surface area contributed by atoms with E-state index in [0.717, 1.165) is 42.9 Å². The molecule has 2 aromatic heterocycles. The number of para-hydroxylation sites is 3. The normalized spacial score (nSPS) is 15.4. The molecule has 4 aromatic rings. The molecule has 6 nitrogen and oxygen atoms in total. The number of nitrogens with zero attached hydrogens (tertiary/aromatic N) is 3. The zero-order valence-electron chi connectivity index (χ0n) is 18.5. The fourth-order valence-corrected chi connectivity index (χ4v) is 5.32. The minimum atomic E-state index is -0.106. The third kappa shape index (κ3) is 4.11. The second kappa shape index (κ2) is 8.94. The zero-order valence-corrected chi connectivity index (χ0v) is 19.3. The number of piperazine rings is 1. The van der Waals surface area contributed by atoms with Gasteiger partial charge in [-0.25, -0.2) is 0 Å². The molecule has 1 aliphatic heterocycles. The highest BCUT2D eigenvalue weighted by Crippen LogP contribution is 2.35. The lowest BCUT2D eigenvalue weighted by Gasteiger charge is -2.32. The number of carbonyl (C=O) groups is 1. The van der Waals surface area contributed by atoms with Crippen LogP contribution in [0.4, 0.5) is 5.69 Å². The van der Waals surface area contributed by atoms with E-state index in [1.165, 1.54) is 22.2 Å². The van der Waals surface area contributed by atoms with Gasteiger partial charge in [0.25, 0.3) is 5.91 Å². The molecular formula is C25H28N4O2S. The number of fused-ring (bicyclic) bond motifs is 3. The molecule has 0 saturated carbocycles. The van der Waals surface area contributed by atoms with E-state index in [-0.39, 0.29) is 5.91 Å². The highest BCUT2D eigenvalue weighted by Gasteiger charge is 2.18. The Kier molecular flexibility index (Phi) is 5.87. The zero-order chi connectivity index (χ0) is 22.1. The molecule has 0 atom stereocenters. The highest BCUT2D eigenvalue weighted by atomic mass is 32.1. The van der Waals surface area contributed by atoms with Crippen molar-refractivity contribution in [2.45, 2.75) is 0 Å². The van der Waals surface area contributed by atoms with Crippen molar-refractivity contribution in [3.05, 3.63) is 59.5 Å². The smallest absolute Gasteiger partial charge is 0.265 e. The van der Waals surface area contributed by atoms with Crippen LogP contribution in [-0.2, 0) is 7.05 Å². The van der Waals surface area contributed by atoms with Gasteiger partial charge < -0.3 is 19.5 Å². The molecule has 5 rings (SSSR count). The number of ether oxygens (including phenoxy) is 1. The van der Waals surface area contributed by atoms with Crippen LogP contribution < -0.4 is 10.1 Å². The molecule has 0 spiro atoms. The number of benzene rings is 2. The first-order valence-electron chi connectivity index (χ1n) is 11.0. The first kappa shape index (κ1) is 21.0. The van der Waals surface area contributed by atoms with E-state index in [2.05, 4.69) is 38.9 Å². The van der Waals surface area contributed by atoms with Gasteiger partial charge in [-0.1, -0.05) is 30.3 Å². The second-order valence-electron chi connectivity index (χ2n) is 8.35. The topological polar surface area (TPSA) is 49.7 Å². The average molecular weight is 449 g/mol. The number of aryl methyl sites for hydroxylation is 1. The summed E-state index contributed by atoms with van der Waals surface area (Å²) in [4.78, 5) is 19.6. The summed E-state index contributed by atoms with van der Waals surface area (Å²) in [5, 5.41) is 5.35. The maximum absolute atomic E-state index is 13.1. The molecule has 2 aromatic carbocycles. The highest BCUT2D eigenvalue weighted by molar-refractivity contribution is 7.20. The molecule has 1 N–H and O–H groups in total. The van der Waals surface area contributed by atoms with Crippen LogP contribution in [0.25, 0.3) is 21.1 Å². The average Bonchev–Trinajstić information content (AvgIpc) is 3.36. The number of likely N-dealkylation sites (N-methyl/N-ethyl adjacent to an activating group) is 1. The first-order chi connectivity index (χ1) is 15.6. The molecule has 0 bridgehead atoms. The van der Waals surface area contributed by atoms with Crippen molar-refractivity contribution >= 4 is 44.1 Å². The lowest BCUT2D eigenvalue weighted by Crippen LogP contribution is -2.45. The first-order valence-corrected chi connectivity index (χ1v) is 11.8. The number of amides is 1. The van der Waals surface area contributed by atoms with Crippen molar-refractivity contribution in [2.75, 3.05) is 51.7 Å². The van der Waals surface area contributed by atoms with Crippen molar-refractivity contribution in [1.29, 1.82) is 0 Å². The van der Waals surface area contributed by atoms with Crippen molar-refractivity contribution in [3.8, 4) is 5.75 Å². The molecule has 0 aliphatic carbocycles. The SMILES string of the molecule is CN1CCN(CCOc2ccccc2NC(=O)c2cc3c4ccccc4n(C)c3s2)CC1. The molecule has 166 valence electrons. The van der Waals surface area contributed by atoms with Gasteiger partial charge in [-0.2, -0.15) is 0 Å². The van der Waals surface area contributed by atoms with E-state index in [4.69, 9.17) is 4.74 Å². The van der Waals surface area contributed by atoms with Crippen LogP contribution in [0.15, 0.2) is 54.6 Å². The van der Waals surface area contributed by atoms with Gasteiger partial charge in [0, 0.05) is 56.1 Å². The summed E-state index contributed by atoms with van der Waals surface area (Å²) < 4.78 is 8.21. The van der Waals surface area contributed by atoms with Crippen LogP contribution >= 0.6 is 11.3 Å². The predicted octanol–water partition coefficient (Wildman–Crippen LogP) is 4.27. The maximum atomic E-state index is 13.1. The number of hydrogen-bond acceptors (Lipinski definition) is 5. The van der Waals surface area contributed by atoms with E-state index >= 15 is 0 Å². The molecule has 0 radical (unpaired) electrons. The Balaban J connectivity index is 1.28. The number of carbonyl (C=O) groups excluding carboxylic acids is 1. The summed E-state index contributed by atoms with van der Waals surface area (Å²) in [6, 6.07) is 18.0. The summed E-state index contributed by atoms with van der Waals surface area (Å²) in [6.45, 7) is 5.82. The Bertz CT molecular complexity index is 1250. The minimum absolute atomic E-state index is 0.106. The van der Waals surface area contributed by atoms with E-state index in [9.17, 15) is 4.79 Å². The van der Waals surface area contributed by atoms with E-state index < -0.39 is 0 Å². The number of anilines is 1. The minimum Gasteiger partial charge on any atom is -0.490 e. The lowest BCUT2D eigenvalue weighted by molar-refractivity contribution is 0.102. The largest absolute Gasteiger partial charge is 0.490 e. The van der Waals surface area contributed by atoms with Gasteiger partial charge in [-0.05, 0) is 31.3 Å². The monoisotopic (exact) mass is 448 g/mol. The fourth-order valence-electron chi connectivity index (χ4n) is 4.27. The van der Waals surface area contributed by atoms with Gasteiger partial charge >= 0.3 is 0 Å². The van der Waals surface area contributed by atoms with Crippen LogP contribution in [0.2, 0.25) is 0 Å². The molecular weight excluding hydrogens is 420 g/mol. The van der Waals surface area contributed by atoms with Gasteiger partial charge in [-0.3, -0.25) is 9.69 Å². The van der Waals surface area contributed by atoms with Gasteiger partial charge in [-0.15, -0.1) is 11.3 Å². The van der Waals surface area contributed by atoms with E-state index in [1.807, 2.05) is 49.5 Å². The van der Waals surface area contributed by atoms with Gasteiger partial charge in [0.15, 0.2) is 0 Å². The van der Waals surface area contributed by atoms with Gasteiger partial charge in [0.05, 0.1) is 10.6 Å². The number of nitrogens with one attached hydrogen (secondary N) is 1. The summed E-state index contributed by atoms with van der Waals surface area (Å²) in [7, 11) is 4.21. The van der Waals surface area contributed by atoms with Crippen molar-refractivity contribution in [3.63, 3.8) is 0 Å². The van der Waals surface area contributed by atoms with Gasteiger partial charge in [0.2, 0.25) is 0 Å². The maximum Gasteiger partial charge on any atom is 0.265 e. The number of aromatic nitrogens is 1. The summed E-state index contributed by atoms with van der Waals surface area (Å²) in [5.41, 5.74) is 1.89. The Morgan fingerprint density at radius 2 is 1.75 bits per heavy atom. The van der Waals surface area contributed by atoms with Crippen LogP contribution in [0.5, 0.6) is 5.75 Å². The Hall–Kier alpha value is -2.87. The van der Waals surface area contributed by atoms with Crippen molar-refractivity contribution in [1.82, 2.24) is 14.4 Å². The second-order valence-corrected chi connectivity index (χ2v) is 9.38. The van der Waals surface area contributed by atoms with E-state index in [1.54, 1.807) is 0 Å². The fraction of sp³-hybridized carbons (Fsp3) is 0.320. The van der Waals surface area contributed by atoms with E-state index in [0.29, 0.717) is 22.9 Å². The molecule has 3 heterocycles. The third-order valence-electron chi connectivity index (χ3n) is 6.19. The van der Waals surface area contributed by atoms with Crippen molar-refractivity contribution in [2.24, 2.45) is 7.05 Å². The molecule has 0 unspecified atom stereocenters. The third-order valence-corrected chi connectivity index (χ3v) is 7.40. The van der Waals surface area contributed by atoms with Crippen LogP contribution in [0.1, 0.15) is 9.67 Å². The molecule has 32 heavy (non-hydrogen) atoms. The predicted molar refractivity (Wildman–Crippen MR) is 132 cm³/mol. The molecule has 1 fully saturated rings. The molecule has 7 heteroatoms. The summed E-state index contributed by atoms with van der Waals surface area (Å²) in [6.07, 6.45) is 0. The number of hydrogen-bond donors (Lipinski definition) is 1. The number of rotatable bonds is 6. The Morgan fingerprint density at radius 1 is 1.00 bits per heavy atom. The quantitative estimate of drug-likeness (QED) is 0.479. The Morgan fingerprint density at radius 3 is 2.59 bits per heavy atom. The summed E-state index contributed by atoms with van der Waals surface area (Å²) in [5.74, 6) is 0.604. The standard InChI is InChI=1S/C25H28N4O2S/c1-27-11-13-29(14-12-27)15-16-31-22-10-6-4-8-20(22)26-24(30)23-17-19-18-7-3-5-9-21(18)28(2)25(19)32-23/h3-10,17H,11-16H2,1-2H3,(H,26,30). The molecule has 1 amide bonds. The van der Waals surface area contributed by atoms with Crippen LogP contribution in [0.3, 0.4) is 0 Å². The molecule has 1 saturated heterocycles. The Labute approximate surface area is 192 Å². The molecule has 1 aliphatic rings. The van der Waals surface area contributed by atoms with Gasteiger partial charge in [0.1, 0.15) is 17.2 Å². The van der Waals surface area contributed by atoms with Crippen molar-refractivity contribution < 1.29 is 9.53 Å². The lowest BCUT2D eigenvalue weighted by atomic mass is 10.2. The van der Waals surface area contributed by atoms with Crippen LogP contribution in [-0.4, -0.2) is 66.7 Å². The van der Waals surface area contributed by atoms with Crippen LogP contribution in [0, 0.1) is 0 Å². The number of thiophene rings is 1. The summed E-state index contributed by atoms with van der Waals surface area (Å²) >= 11 is 1.52.